The van der Waals surface area contributed by atoms with Gasteiger partial charge in [-0.3, -0.25) is 9.98 Å². The molecule has 0 aliphatic carbocycles. The molecule has 0 unspecified atom stereocenters. The second-order valence-corrected chi connectivity index (χ2v) is 8.05. The van der Waals surface area contributed by atoms with Crippen LogP contribution in [0.25, 0.3) is 33.2 Å². The quantitative estimate of drug-likeness (QED) is 0.382. The molecule has 0 aromatic heterocycles. The van der Waals surface area contributed by atoms with E-state index in [1.54, 1.807) is 0 Å². The first-order valence-electron chi connectivity index (χ1n) is 10.2. The average Bonchev–Trinajstić information content (AvgIpc) is 2.78. The standard InChI is InChI=1S/C28H20N2/c1-3-18-7-23-10-22(12-26-16-30-14-24(8-18)28(23)26)17(2)21-9-19-5-4-6-20-13-29-15-25(11-21)27(19)20/h3-12,15-16H,1-2,13-14H2. The second kappa shape index (κ2) is 6.36. The Morgan fingerprint density at radius 2 is 1.43 bits per heavy atom. The van der Waals surface area contributed by atoms with Gasteiger partial charge in [0.2, 0.25) is 0 Å². The average molecular weight is 384 g/mol. The molecule has 6 rings (SSSR count). The molecule has 0 atom stereocenters. The van der Waals surface area contributed by atoms with Gasteiger partial charge in [0, 0.05) is 23.6 Å². The van der Waals surface area contributed by atoms with Crippen molar-refractivity contribution in [3.63, 3.8) is 0 Å². The van der Waals surface area contributed by atoms with E-state index in [1.807, 2.05) is 18.5 Å². The summed E-state index contributed by atoms with van der Waals surface area (Å²) in [5.74, 6) is 0. The van der Waals surface area contributed by atoms with Crippen molar-refractivity contribution in [2.75, 3.05) is 0 Å². The minimum absolute atomic E-state index is 0.723. The molecule has 0 amide bonds. The maximum Gasteiger partial charge on any atom is 0.0646 e. The van der Waals surface area contributed by atoms with Gasteiger partial charge in [0.1, 0.15) is 0 Å². The molecule has 0 N–H and O–H groups in total. The third kappa shape index (κ3) is 2.50. The lowest BCUT2D eigenvalue weighted by molar-refractivity contribution is 1.08. The first kappa shape index (κ1) is 17.1. The fourth-order valence-electron chi connectivity index (χ4n) is 4.79. The topological polar surface area (TPSA) is 24.7 Å². The van der Waals surface area contributed by atoms with Gasteiger partial charge < -0.3 is 0 Å². The predicted molar refractivity (Wildman–Crippen MR) is 129 cm³/mol. The van der Waals surface area contributed by atoms with Crippen molar-refractivity contribution in [2.24, 2.45) is 9.98 Å². The van der Waals surface area contributed by atoms with E-state index >= 15 is 0 Å². The van der Waals surface area contributed by atoms with Gasteiger partial charge in [-0.05, 0) is 91.3 Å². The van der Waals surface area contributed by atoms with Crippen molar-refractivity contribution >= 4 is 45.6 Å². The van der Waals surface area contributed by atoms with E-state index in [9.17, 15) is 0 Å². The van der Waals surface area contributed by atoms with Gasteiger partial charge in [0.05, 0.1) is 13.1 Å². The van der Waals surface area contributed by atoms with E-state index in [0.29, 0.717) is 0 Å². The molecular formula is C28H20N2. The molecule has 30 heavy (non-hydrogen) atoms. The lowest BCUT2D eigenvalue weighted by atomic mass is 9.88. The minimum Gasteiger partial charge on any atom is -0.288 e. The zero-order valence-corrected chi connectivity index (χ0v) is 16.7. The molecule has 0 bridgehead atoms. The predicted octanol–water partition coefficient (Wildman–Crippen LogP) is 6.56. The number of hydrogen-bond donors (Lipinski definition) is 0. The van der Waals surface area contributed by atoms with E-state index in [0.717, 1.165) is 40.9 Å². The van der Waals surface area contributed by atoms with Crippen molar-refractivity contribution in [1.82, 2.24) is 0 Å². The normalized spacial score (nSPS) is 13.7. The van der Waals surface area contributed by atoms with Crippen LogP contribution in [0.4, 0.5) is 0 Å². The Morgan fingerprint density at radius 1 is 0.767 bits per heavy atom. The lowest BCUT2D eigenvalue weighted by Gasteiger charge is -2.18. The largest absolute Gasteiger partial charge is 0.288 e. The fraction of sp³-hybridized carbons (Fsp3) is 0.0714. The van der Waals surface area contributed by atoms with Crippen LogP contribution in [0.3, 0.4) is 0 Å². The Labute approximate surface area is 175 Å². The number of hydrogen-bond acceptors (Lipinski definition) is 2. The minimum atomic E-state index is 0.723. The summed E-state index contributed by atoms with van der Waals surface area (Å²) in [5.41, 5.74) is 9.27. The van der Waals surface area contributed by atoms with E-state index in [2.05, 4.69) is 77.7 Å². The van der Waals surface area contributed by atoms with Crippen LogP contribution in [0.5, 0.6) is 0 Å². The van der Waals surface area contributed by atoms with Crippen LogP contribution in [-0.4, -0.2) is 12.4 Å². The van der Waals surface area contributed by atoms with Gasteiger partial charge in [0.25, 0.3) is 0 Å². The van der Waals surface area contributed by atoms with Crippen molar-refractivity contribution in [2.45, 2.75) is 13.1 Å². The smallest absolute Gasteiger partial charge is 0.0646 e. The van der Waals surface area contributed by atoms with Gasteiger partial charge in [0.15, 0.2) is 0 Å². The second-order valence-electron chi connectivity index (χ2n) is 8.05. The van der Waals surface area contributed by atoms with E-state index in [1.165, 1.54) is 38.2 Å². The first-order valence-corrected chi connectivity index (χ1v) is 10.2. The molecule has 2 nitrogen and oxygen atoms in total. The molecule has 4 aromatic carbocycles. The van der Waals surface area contributed by atoms with Crippen molar-refractivity contribution in [3.8, 4) is 0 Å². The van der Waals surface area contributed by atoms with Gasteiger partial charge >= 0.3 is 0 Å². The van der Waals surface area contributed by atoms with Crippen molar-refractivity contribution in [3.05, 3.63) is 107 Å². The first-order chi connectivity index (χ1) is 14.7. The highest BCUT2D eigenvalue weighted by molar-refractivity contribution is 6.07. The van der Waals surface area contributed by atoms with E-state index < -0.39 is 0 Å². The van der Waals surface area contributed by atoms with Crippen LogP contribution < -0.4 is 0 Å². The summed E-state index contributed by atoms with van der Waals surface area (Å²) in [6.07, 6.45) is 5.88. The molecular weight excluding hydrogens is 364 g/mol. The Bertz CT molecular complexity index is 1470. The summed E-state index contributed by atoms with van der Waals surface area (Å²) >= 11 is 0. The molecule has 0 radical (unpaired) electrons. The summed E-state index contributed by atoms with van der Waals surface area (Å²) in [4.78, 5) is 9.11. The van der Waals surface area contributed by atoms with Crippen molar-refractivity contribution < 1.29 is 0 Å². The van der Waals surface area contributed by atoms with Crippen LogP contribution in [0.15, 0.2) is 77.7 Å². The monoisotopic (exact) mass is 384 g/mol. The Balaban J connectivity index is 1.55. The van der Waals surface area contributed by atoms with E-state index in [4.69, 9.17) is 0 Å². The third-order valence-electron chi connectivity index (χ3n) is 6.19. The van der Waals surface area contributed by atoms with Crippen LogP contribution in [0.2, 0.25) is 0 Å². The molecule has 0 saturated carbocycles. The molecule has 0 saturated heterocycles. The molecule has 4 aromatic rings. The maximum absolute atomic E-state index is 4.57. The summed E-state index contributed by atoms with van der Waals surface area (Å²) in [6.45, 7) is 9.90. The molecule has 2 heterocycles. The maximum atomic E-state index is 4.57. The summed E-state index contributed by atoms with van der Waals surface area (Å²) in [6, 6.07) is 19.8. The molecule has 142 valence electrons. The number of rotatable bonds is 3. The van der Waals surface area contributed by atoms with Crippen LogP contribution in [0, 0.1) is 0 Å². The zero-order valence-electron chi connectivity index (χ0n) is 16.7. The van der Waals surface area contributed by atoms with Crippen molar-refractivity contribution in [1.29, 1.82) is 0 Å². The van der Waals surface area contributed by atoms with Crippen LogP contribution in [-0.2, 0) is 13.1 Å². The van der Waals surface area contributed by atoms with Gasteiger partial charge in [-0.25, -0.2) is 0 Å². The van der Waals surface area contributed by atoms with Gasteiger partial charge in [-0.1, -0.05) is 37.4 Å². The molecule has 2 aliphatic heterocycles. The highest BCUT2D eigenvalue weighted by atomic mass is 14.7. The van der Waals surface area contributed by atoms with Crippen LogP contribution >= 0.6 is 0 Å². The number of nitrogens with zero attached hydrogens (tertiary/aromatic N) is 2. The highest BCUT2D eigenvalue weighted by Crippen LogP contribution is 2.35. The zero-order chi connectivity index (χ0) is 20.2. The SMILES string of the molecule is C=Cc1cc2c3c(cc(C(=C)c4cc5c6c(cccc6c4)CN=C5)cc3c1)C=NC2. The van der Waals surface area contributed by atoms with E-state index in [-0.39, 0.29) is 0 Å². The lowest BCUT2D eigenvalue weighted by Crippen LogP contribution is -2.01. The molecule has 2 heteroatoms. The Kier molecular flexibility index (Phi) is 3.63. The molecule has 0 fully saturated rings. The Hall–Kier alpha value is -3.78. The summed E-state index contributed by atoms with van der Waals surface area (Å²) < 4.78 is 0. The number of benzene rings is 4. The number of aliphatic imine (C=N–C) groups is 2. The van der Waals surface area contributed by atoms with Gasteiger partial charge in [-0.2, -0.15) is 0 Å². The van der Waals surface area contributed by atoms with Crippen LogP contribution in [0.1, 0.15) is 38.9 Å². The molecule has 0 spiro atoms. The highest BCUT2D eigenvalue weighted by Gasteiger charge is 2.16. The fourth-order valence-corrected chi connectivity index (χ4v) is 4.79. The summed E-state index contributed by atoms with van der Waals surface area (Å²) in [5, 5.41) is 5.06. The Morgan fingerprint density at radius 3 is 2.17 bits per heavy atom. The summed E-state index contributed by atoms with van der Waals surface area (Å²) in [7, 11) is 0. The van der Waals surface area contributed by atoms with Gasteiger partial charge in [-0.15, -0.1) is 0 Å². The molecule has 2 aliphatic rings. The third-order valence-corrected chi connectivity index (χ3v) is 6.19.